The summed E-state index contributed by atoms with van der Waals surface area (Å²) in [5.74, 6) is 0.627. The van der Waals surface area contributed by atoms with Crippen LogP contribution in [-0.2, 0) is 16.8 Å². The Hall–Kier alpha value is -0.370. The van der Waals surface area contributed by atoms with Crippen LogP contribution in [0, 0.1) is 0 Å². The summed E-state index contributed by atoms with van der Waals surface area (Å²) in [6.45, 7) is 2.82. The van der Waals surface area contributed by atoms with E-state index in [0.717, 1.165) is 19.3 Å². The maximum Gasteiger partial charge on any atom is 0.282 e. The molecule has 1 fully saturated rings. The molecule has 0 amide bonds. The molecule has 1 unspecified atom stereocenters. The lowest BCUT2D eigenvalue weighted by Crippen LogP contribution is -2.48. The molecule has 7 heteroatoms. The highest BCUT2D eigenvalue weighted by Gasteiger charge is 2.32. The fourth-order valence-electron chi connectivity index (χ4n) is 2.33. The van der Waals surface area contributed by atoms with E-state index in [2.05, 4.69) is 15.9 Å². The van der Waals surface area contributed by atoms with Crippen molar-refractivity contribution in [3.8, 4) is 0 Å². The Morgan fingerprint density at radius 2 is 2.21 bits per heavy atom. The molecule has 1 aliphatic rings. The van der Waals surface area contributed by atoms with Gasteiger partial charge in [-0.05, 0) is 47.8 Å². The van der Waals surface area contributed by atoms with Crippen molar-refractivity contribution in [1.82, 2.24) is 8.61 Å². The molecule has 1 aromatic rings. The second-order valence-corrected chi connectivity index (χ2v) is 7.69. The van der Waals surface area contributed by atoms with Gasteiger partial charge in [0.15, 0.2) is 4.67 Å². The zero-order valence-corrected chi connectivity index (χ0v) is 13.6. The van der Waals surface area contributed by atoms with Gasteiger partial charge >= 0.3 is 0 Å². The lowest BCUT2D eigenvalue weighted by molar-refractivity contribution is 0.246. The van der Waals surface area contributed by atoms with Crippen molar-refractivity contribution in [1.29, 1.82) is 0 Å². The predicted molar refractivity (Wildman–Crippen MR) is 76.8 cm³/mol. The van der Waals surface area contributed by atoms with E-state index in [-0.39, 0.29) is 12.6 Å². The smallest absolute Gasteiger partial charge is 0.282 e. The topological polar surface area (TPSA) is 53.8 Å². The van der Waals surface area contributed by atoms with Gasteiger partial charge in [-0.25, -0.2) is 0 Å². The fraction of sp³-hybridized carbons (Fsp3) is 0.667. The molecule has 0 radical (unpaired) electrons. The normalized spacial score (nSPS) is 22.0. The summed E-state index contributed by atoms with van der Waals surface area (Å²) in [6, 6.07) is 3.61. The van der Waals surface area contributed by atoms with Gasteiger partial charge in [-0.1, -0.05) is 6.42 Å². The van der Waals surface area contributed by atoms with Gasteiger partial charge in [-0.15, -0.1) is 0 Å². The third-order valence-electron chi connectivity index (χ3n) is 3.44. The predicted octanol–water partition coefficient (Wildman–Crippen LogP) is 2.59. The van der Waals surface area contributed by atoms with Crippen LogP contribution in [0.1, 0.15) is 31.9 Å². The van der Waals surface area contributed by atoms with Crippen LogP contribution in [0.25, 0.3) is 0 Å². The lowest BCUT2D eigenvalue weighted by atomic mass is 10.1. The highest BCUT2D eigenvalue weighted by atomic mass is 79.9. The van der Waals surface area contributed by atoms with E-state index >= 15 is 0 Å². The van der Waals surface area contributed by atoms with Crippen molar-refractivity contribution in [2.75, 3.05) is 13.6 Å². The van der Waals surface area contributed by atoms with Crippen LogP contribution < -0.4 is 0 Å². The molecule has 5 nitrogen and oxygen atoms in total. The van der Waals surface area contributed by atoms with Crippen molar-refractivity contribution in [2.45, 2.75) is 38.8 Å². The molecule has 1 saturated heterocycles. The number of furan rings is 1. The van der Waals surface area contributed by atoms with Gasteiger partial charge in [-0.3, -0.25) is 0 Å². The summed E-state index contributed by atoms with van der Waals surface area (Å²) in [5, 5.41) is 0. The summed E-state index contributed by atoms with van der Waals surface area (Å²) in [6.07, 6.45) is 2.96. The molecule has 1 aromatic heterocycles. The molecule has 1 aliphatic heterocycles. The zero-order chi connectivity index (χ0) is 14.0. The molecule has 0 bridgehead atoms. The van der Waals surface area contributed by atoms with Crippen molar-refractivity contribution in [3.05, 3.63) is 22.6 Å². The van der Waals surface area contributed by atoms with Crippen molar-refractivity contribution in [2.24, 2.45) is 0 Å². The van der Waals surface area contributed by atoms with Gasteiger partial charge in [0.05, 0.1) is 6.54 Å². The Balaban J connectivity index is 2.10. The summed E-state index contributed by atoms with van der Waals surface area (Å²) >= 11 is 3.21. The highest BCUT2D eigenvalue weighted by Crippen LogP contribution is 2.23. The highest BCUT2D eigenvalue weighted by molar-refractivity contribution is 9.10. The van der Waals surface area contributed by atoms with E-state index in [9.17, 15) is 8.42 Å². The Bertz CT molecular complexity index is 529. The monoisotopic (exact) mass is 350 g/mol. The minimum absolute atomic E-state index is 0.0736. The second-order valence-electron chi connectivity index (χ2n) is 4.93. The Kier molecular flexibility index (Phi) is 4.70. The van der Waals surface area contributed by atoms with Crippen LogP contribution in [0.4, 0.5) is 0 Å². The van der Waals surface area contributed by atoms with Crippen LogP contribution in [0.2, 0.25) is 0 Å². The van der Waals surface area contributed by atoms with Crippen molar-refractivity contribution >= 4 is 26.1 Å². The maximum absolute atomic E-state index is 12.5. The minimum atomic E-state index is -3.41. The van der Waals surface area contributed by atoms with E-state index in [1.54, 1.807) is 23.5 Å². The van der Waals surface area contributed by atoms with Crippen LogP contribution in [0.5, 0.6) is 0 Å². The molecular formula is C12H19BrN2O3S. The average molecular weight is 351 g/mol. The maximum atomic E-state index is 12.5. The number of halogens is 1. The number of piperidine rings is 1. The van der Waals surface area contributed by atoms with Crippen molar-refractivity contribution < 1.29 is 12.8 Å². The van der Waals surface area contributed by atoms with Crippen LogP contribution in [0.15, 0.2) is 21.2 Å². The van der Waals surface area contributed by atoms with E-state index in [1.165, 1.54) is 4.31 Å². The number of rotatable bonds is 4. The number of hydrogen-bond donors (Lipinski definition) is 0. The van der Waals surface area contributed by atoms with Gasteiger partial charge in [0.2, 0.25) is 0 Å². The van der Waals surface area contributed by atoms with Gasteiger partial charge in [0, 0.05) is 19.6 Å². The van der Waals surface area contributed by atoms with Gasteiger partial charge in [0.1, 0.15) is 5.76 Å². The SMILES string of the molecule is CC1CCCCN1S(=O)(=O)N(C)Cc1ccc(Br)o1. The second kappa shape index (κ2) is 5.95. The largest absolute Gasteiger partial charge is 0.453 e. The molecule has 2 rings (SSSR count). The molecule has 0 spiro atoms. The first-order chi connectivity index (χ1) is 8.91. The number of hydrogen-bond acceptors (Lipinski definition) is 3. The third-order valence-corrected chi connectivity index (χ3v) is 5.92. The van der Waals surface area contributed by atoms with E-state index < -0.39 is 10.2 Å². The molecule has 0 aliphatic carbocycles. The molecule has 19 heavy (non-hydrogen) atoms. The van der Waals surface area contributed by atoms with Crippen LogP contribution in [0.3, 0.4) is 0 Å². The molecule has 1 atom stereocenters. The molecule has 0 N–H and O–H groups in total. The molecule has 0 aromatic carbocycles. The van der Waals surface area contributed by atoms with Crippen LogP contribution in [-0.4, -0.2) is 36.7 Å². The van der Waals surface area contributed by atoms with E-state index in [4.69, 9.17) is 4.42 Å². The minimum Gasteiger partial charge on any atom is -0.453 e. The molecular weight excluding hydrogens is 332 g/mol. The summed E-state index contributed by atoms with van der Waals surface area (Å²) in [5.41, 5.74) is 0. The fourth-order valence-corrected chi connectivity index (χ4v) is 4.24. The number of nitrogens with zero attached hydrogens (tertiary/aromatic N) is 2. The standard InChI is InChI=1S/C12H19BrN2O3S/c1-10-5-3-4-8-15(10)19(16,17)14(2)9-11-6-7-12(13)18-11/h6-7,10H,3-5,8-9H2,1-2H3. The first-order valence-electron chi connectivity index (χ1n) is 6.38. The Labute approximate surface area is 122 Å². The van der Waals surface area contributed by atoms with Gasteiger partial charge in [-0.2, -0.15) is 17.0 Å². The first-order valence-corrected chi connectivity index (χ1v) is 8.57. The quantitative estimate of drug-likeness (QED) is 0.838. The molecule has 2 heterocycles. The third kappa shape index (κ3) is 3.39. The zero-order valence-electron chi connectivity index (χ0n) is 11.2. The lowest BCUT2D eigenvalue weighted by Gasteiger charge is -2.34. The average Bonchev–Trinajstić information content (AvgIpc) is 2.75. The van der Waals surface area contributed by atoms with E-state index in [0.29, 0.717) is 17.0 Å². The summed E-state index contributed by atoms with van der Waals surface area (Å²) in [4.78, 5) is 0. The Morgan fingerprint density at radius 3 is 2.79 bits per heavy atom. The molecule has 108 valence electrons. The van der Waals surface area contributed by atoms with Gasteiger partial charge in [0.25, 0.3) is 10.2 Å². The first kappa shape index (κ1) is 15.0. The Morgan fingerprint density at radius 1 is 1.47 bits per heavy atom. The molecule has 0 saturated carbocycles. The van der Waals surface area contributed by atoms with Gasteiger partial charge < -0.3 is 4.42 Å². The van der Waals surface area contributed by atoms with E-state index in [1.807, 2.05) is 6.92 Å². The van der Waals surface area contributed by atoms with Crippen molar-refractivity contribution in [3.63, 3.8) is 0 Å². The van der Waals surface area contributed by atoms with Crippen LogP contribution >= 0.6 is 15.9 Å². The summed E-state index contributed by atoms with van der Waals surface area (Å²) < 4.78 is 33.9. The summed E-state index contributed by atoms with van der Waals surface area (Å²) in [7, 11) is -1.82.